The van der Waals surface area contributed by atoms with Gasteiger partial charge in [-0.25, -0.2) is 0 Å². The van der Waals surface area contributed by atoms with Crippen LogP contribution in [-0.2, 0) is 19.0 Å². The van der Waals surface area contributed by atoms with Crippen LogP contribution in [0.15, 0.2) is 0 Å². The molecule has 4 unspecified atom stereocenters. The normalized spacial score (nSPS) is 31.0. The van der Waals surface area contributed by atoms with E-state index in [-0.39, 0.29) is 26.0 Å². The molecule has 13 heteroatoms. The molecular weight excluding hydrogens is 404 g/mol. The van der Waals surface area contributed by atoms with E-state index in [0.29, 0.717) is 0 Å². The van der Waals surface area contributed by atoms with E-state index in [0.717, 1.165) is 0 Å². The number of hydrogen-bond acceptors (Lipinski definition) is 12. The number of carbonyl (C=O) groups excluding carboxylic acids is 1. The molecule has 0 radical (unpaired) electrons. The zero-order valence-corrected chi connectivity index (χ0v) is 17.0. The van der Waals surface area contributed by atoms with Crippen LogP contribution >= 0.6 is 0 Å². The van der Waals surface area contributed by atoms with Gasteiger partial charge in [-0.15, -0.1) is 0 Å². The molecule has 30 heavy (non-hydrogen) atoms. The van der Waals surface area contributed by atoms with Crippen LogP contribution in [0.2, 0.25) is 0 Å². The van der Waals surface area contributed by atoms with E-state index in [4.69, 9.17) is 31.4 Å². The van der Waals surface area contributed by atoms with E-state index in [1.807, 2.05) is 0 Å². The molecular formula is C17H36N4O9. The van der Waals surface area contributed by atoms with Crippen LogP contribution in [-0.4, -0.2) is 120 Å². The van der Waals surface area contributed by atoms with Crippen LogP contribution in [0.1, 0.15) is 12.8 Å². The molecule has 1 aliphatic rings. The average molecular weight is 440 g/mol. The predicted octanol–water partition coefficient (Wildman–Crippen LogP) is -5.31. The summed E-state index contributed by atoms with van der Waals surface area (Å²) in [5.74, 6) is -0.703. The molecule has 178 valence electrons. The Hall–Kier alpha value is -0.970. The van der Waals surface area contributed by atoms with E-state index in [1.165, 1.54) is 7.11 Å². The lowest BCUT2D eigenvalue weighted by Crippen LogP contribution is -2.64. The molecule has 0 bridgehead atoms. The predicted molar refractivity (Wildman–Crippen MR) is 104 cm³/mol. The fourth-order valence-corrected chi connectivity index (χ4v) is 3.07. The topological polar surface area (TPSA) is 236 Å². The maximum atomic E-state index is 11.9. The third-order valence-electron chi connectivity index (χ3n) is 4.91. The fraction of sp³-hybridized carbons (Fsp3) is 0.941. The molecule has 1 saturated heterocycles. The highest BCUT2D eigenvalue weighted by Crippen LogP contribution is 2.23. The summed E-state index contributed by atoms with van der Waals surface area (Å²) < 4.78 is 16.1. The Morgan fingerprint density at radius 3 is 2.43 bits per heavy atom. The molecule has 1 rings (SSSR count). The summed E-state index contributed by atoms with van der Waals surface area (Å²) in [6.07, 6.45) is -7.01. The van der Waals surface area contributed by atoms with Crippen molar-refractivity contribution >= 4 is 5.91 Å². The highest BCUT2D eigenvalue weighted by atomic mass is 16.7. The Labute approximate surface area is 175 Å². The van der Waals surface area contributed by atoms with Gasteiger partial charge in [0.2, 0.25) is 5.91 Å². The minimum Gasteiger partial charge on any atom is -0.394 e. The number of nitrogens with one attached hydrogen (secondary N) is 1. The first-order valence-corrected chi connectivity index (χ1v) is 9.77. The van der Waals surface area contributed by atoms with Gasteiger partial charge in [-0.2, -0.15) is 0 Å². The first kappa shape index (κ1) is 27.1. The summed E-state index contributed by atoms with van der Waals surface area (Å²) >= 11 is 0. The Morgan fingerprint density at radius 2 is 1.90 bits per heavy atom. The number of amides is 1. The van der Waals surface area contributed by atoms with Crippen LogP contribution in [0.3, 0.4) is 0 Å². The molecule has 0 aromatic rings. The summed E-state index contributed by atoms with van der Waals surface area (Å²) in [7, 11) is 1.40. The SMILES string of the molecule is COCC1O[C@H](O[C@@H](CO)C(N)C[C@H](CO)NC(=O)[C@@H](O)CCN)C(N)C(O)[C@@H]1O. The summed E-state index contributed by atoms with van der Waals surface area (Å²) in [4.78, 5) is 11.9. The molecule has 12 N–H and O–H groups in total. The van der Waals surface area contributed by atoms with E-state index in [9.17, 15) is 30.3 Å². The van der Waals surface area contributed by atoms with Gasteiger partial charge in [-0.1, -0.05) is 0 Å². The van der Waals surface area contributed by atoms with Crippen LogP contribution in [0, 0.1) is 0 Å². The standard InChI is InChI=1S/C17H36N4O9/c1-28-7-12-14(25)15(26)13(20)17(30-12)29-11(6-23)9(19)4-8(5-22)21-16(27)10(24)2-3-18/h8-15,17,22-26H,2-7,18-20H2,1H3,(H,21,27)/t8-,9?,10+,11+,12?,13?,14-,15?,17+/m1/s1. The number of methoxy groups -OCH3 is 1. The molecule has 0 spiro atoms. The lowest BCUT2D eigenvalue weighted by molar-refractivity contribution is -0.283. The van der Waals surface area contributed by atoms with Gasteiger partial charge in [-0.05, 0) is 19.4 Å². The number of aliphatic hydroxyl groups is 5. The minimum absolute atomic E-state index is 0.00253. The van der Waals surface area contributed by atoms with Crippen molar-refractivity contribution in [1.82, 2.24) is 5.32 Å². The number of ether oxygens (including phenoxy) is 3. The number of hydrogen-bond donors (Lipinski definition) is 9. The second-order valence-corrected chi connectivity index (χ2v) is 7.29. The third kappa shape index (κ3) is 7.62. The second-order valence-electron chi connectivity index (χ2n) is 7.29. The summed E-state index contributed by atoms with van der Waals surface area (Å²) in [6, 6.07) is -2.80. The van der Waals surface area contributed by atoms with Crippen LogP contribution in [0.25, 0.3) is 0 Å². The quantitative estimate of drug-likeness (QED) is 0.130. The van der Waals surface area contributed by atoms with Gasteiger partial charge in [0.1, 0.15) is 24.4 Å². The summed E-state index contributed by atoms with van der Waals surface area (Å²) in [6.45, 7) is -0.911. The number of aliphatic hydroxyl groups excluding tert-OH is 5. The highest BCUT2D eigenvalue weighted by Gasteiger charge is 2.44. The number of rotatable bonds is 13. The van der Waals surface area contributed by atoms with Gasteiger partial charge in [0.15, 0.2) is 6.29 Å². The smallest absolute Gasteiger partial charge is 0.249 e. The third-order valence-corrected chi connectivity index (χ3v) is 4.91. The van der Waals surface area contributed by atoms with Crippen LogP contribution in [0.4, 0.5) is 0 Å². The maximum absolute atomic E-state index is 11.9. The molecule has 0 saturated carbocycles. The Kier molecular flexibility index (Phi) is 12.1. The molecule has 0 aromatic heterocycles. The van der Waals surface area contributed by atoms with Crippen molar-refractivity contribution < 1.29 is 44.5 Å². The zero-order chi connectivity index (χ0) is 22.8. The molecule has 1 fully saturated rings. The first-order chi connectivity index (χ1) is 14.2. The largest absolute Gasteiger partial charge is 0.394 e. The molecule has 1 amide bonds. The average Bonchev–Trinajstić information content (AvgIpc) is 2.72. The molecule has 0 aliphatic carbocycles. The maximum Gasteiger partial charge on any atom is 0.249 e. The second kappa shape index (κ2) is 13.4. The van der Waals surface area contributed by atoms with Crippen molar-refractivity contribution in [1.29, 1.82) is 0 Å². The molecule has 9 atom stereocenters. The summed E-state index contributed by atoms with van der Waals surface area (Å²) in [5.41, 5.74) is 17.2. The van der Waals surface area contributed by atoms with Gasteiger partial charge in [0, 0.05) is 13.2 Å². The van der Waals surface area contributed by atoms with Crippen LogP contribution < -0.4 is 22.5 Å². The van der Waals surface area contributed by atoms with Crippen LogP contribution in [0.5, 0.6) is 0 Å². The Bertz CT molecular complexity index is 504. The first-order valence-electron chi connectivity index (χ1n) is 9.77. The van der Waals surface area contributed by atoms with E-state index in [1.54, 1.807) is 0 Å². The minimum atomic E-state index is -1.35. The lowest BCUT2D eigenvalue weighted by atomic mass is 9.97. The monoisotopic (exact) mass is 440 g/mol. The van der Waals surface area contributed by atoms with Gasteiger partial charge in [-0.3, -0.25) is 4.79 Å². The molecule has 13 nitrogen and oxygen atoms in total. The van der Waals surface area contributed by atoms with E-state index >= 15 is 0 Å². The highest BCUT2D eigenvalue weighted by molar-refractivity contribution is 5.80. The van der Waals surface area contributed by atoms with Crippen molar-refractivity contribution in [3.63, 3.8) is 0 Å². The van der Waals surface area contributed by atoms with Crippen molar-refractivity contribution in [2.45, 2.75) is 67.8 Å². The lowest BCUT2D eigenvalue weighted by Gasteiger charge is -2.42. The Morgan fingerprint density at radius 1 is 1.23 bits per heavy atom. The van der Waals surface area contributed by atoms with Crippen molar-refractivity contribution in [2.75, 3.05) is 33.5 Å². The van der Waals surface area contributed by atoms with Gasteiger partial charge < -0.3 is 62.3 Å². The molecule has 1 aliphatic heterocycles. The van der Waals surface area contributed by atoms with Gasteiger partial charge in [0.05, 0.1) is 38.0 Å². The summed E-state index contributed by atoms with van der Waals surface area (Å²) in [5, 5.41) is 51.4. The van der Waals surface area contributed by atoms with Crippen molar-refractivity contribution in [3.8, 4) is 0 Å². The number of carbonyl (C=O) groups is 1. The Balaban J connectivity index is 2.72. The molecule has 0 aromatic carbocycles. The van der Waals surface area contributed by atoms with E-state index < -0.39 is 74.1 Å². The van der Waals surface area contributed by atoms with Gasteiger partial charge >= 0.3 is 0 Å². The molecule has 1 heterocycles. The fourth-order valence-electron chi connectivity index (χ4n) is 3.07. The van der Waals surface area contributed by atoms with Crippen molar-refractivity contribution in [3.05, 3.63) is 0 Å². The van der Waals surface area contributed by atoms with Gasteiger partial charge in [0.25, 0.3) is 0 Å². The van der Waals surface area contributed by atoms with Crippen molar-refractivity contribution in [2.24, 2.45) is 17.2 Å². The number of nitrogens with two attached hydrogens (primary N) is 3. The van der Waals surface area contributed by atoms with E-state index in [2.05, 4.69) is 5.32 Å². The zero-order valence-electron chi connectivity index (χ0n) is 17.0.